The lowest BCUT2D eigenvalue weighted by atomic mass is 9.79. The molecule has 8 aromatic rings. The molecule has 1 aliphatic rings. The third-order valence-corrected chi connectivity index (χ3v) is 11.2. The molecule has 0 bridgehead atoms. The van der Waals surface area contributed by atoms with Gasteiger partial charge in [0.15, 0.2) is 37.9 Å². The van der Waals surface area contributed by atoms with Crippen molar-refractivity contribution >= 4 is 61.4 Å². The highest BCUT2D eigenvalue weighted by Gasteiger charge is 2.51. The van der Waals surface area contributed by atoms with Gasteiger partial charge in [0, 0.05) is 92.4 Å². The number of rotatable bonds is 6. The van der Waals surface area contributed by atoms with E-state index in [1.807, 2.05) is 110 Å². The first-order valence-corrected chi connectivity index (χ1v) is 20.1. The van der Waals surface area contributed by atoms with E-state index < -0.39 is 0 Å². The molecule has 0 amide bonds. The van der Waals surface area contributed by atoms with Gasteiger partial charge in [0.05, 0.1) is 11.2 Å². The van der Waals surface area contributed by atoms with Crippen molar-refractivity contribution in [2.75, 3.05) is 11.5 Å². The maximum absolute atomic E-state index is 5.93. The van der Waals surface area contributed by atoms with Crippen molar-refractivity contribution < 1.29 is 18.4 Å². The van der Waals surface area contributed by atoms with Crippen LogP contribution in [0.1, 0.15) is 38.8 Å². The lowest BCUT2D eigenvalue weighted by molar-refractivity contribution is -0.688. The fraction of sp³-hybridized carbons (Fsp3) is 0.167. The standard InChI is InChI=1S/C21H17N3.C15H12BrN3.C12H17BO2/c22-19-8-10-24(11-9-19)15-16-6-7-18-13-23-14-21(20(18)12-16)17-4-2-1-3-5-17;16-15-9-18-8-12-2-1-11(7-14(12)15)10-19-5-3-13(17)4-6-19;1-11(2)12(3,4)15-13(14-11)10-8-6-5-7-9-10/h1-14,22H,15H2;1-9,17H,10H2;5-9H,1-4H3/p+2. The molecule has 0 radical (unpaired) electrons. The van der Waals surface area contributed by atoms with Crippen molar-refractivity contribution in [1.29, 1.82) is 0 Å². The summed E-state index contributed by atoms with van der Waals surface area (Å²) in [5, 5.41) is 4.70. The van der Waals surface area contributed by atoms with Crippen LogP contribution < -0.4 is 26.1 Å². The van der Waals surface area contributed by atoms with Crippen LogP contribution in [0.2, 0.25) is 0 Å². The van der Waals surface area contributed by atoms with Crippen LogP contribution in [0.15, 0.2) is 175 Å². The molecular formula is C48H48BBrN6O2+2. The minimum Gasteiger partial charge on any atom is -0.399 e. The van der Waals surface area contributed by atoms with Gasteiger partial charge in [-0.05, 0) is 77.6 Å². The Morgan fingerprint density at radius 3 is 1.57 bits per heavy atom. The molecule has 0 saturated carbocycles. The Balaban J connectivity index is 0.000000136. The average molecular weight is 832 g/mol. The third kappa shape index (κ3) is 9.77. The summed E-state index contributed by atoms with van der Waals surface area (Å²) < 4.78 is 17.1. The highest BCUT2D eigenvalue weighted by molar-refractivity contribution is 9.10. The Morgan fingerprint density at radius 2 is 1.03 bits per heavy atom. The van der Waals surface area contributed by atoms with E-state index in [1.165, 1.54) is 27.5 Å². The van der Waals surface area contributed by atoms with Crippen molar-refractivity contribution in [3.8, 4) is 11.1 Å². The largest absolute Gasteiger partial charge is 0.494 e. The van der Waals surface area contributed by atoms with Crippen LogP contribution in [0.5, 0.6) is 0 Å². The smallest absolute Gasteiger partial charge is 0.399 e. The number of anilines is 2. The second-order valence-corrected chi connectivity index (χ2v) is 16.2. The molecule has 58 heavy (non-hydrogen) atoms. The van der Waals surface area contributed by atoms with Gasteiger partial charge in [0.25, 0.3) is 0 Å². The molecule has 10 heteroatoms. The molecule has 1 aliphatic heterocycles. The van der Waals surface area contributed by atoms with Gasteiger partial charge in [-0.1, -0.05) is 84.9 Å². The second kappa shape index (κ2) is 17.7. The molecule has 8 nitrogen and oxygen atoms in total. The number of hydrogen-bond acceptors (Lipinski definition) is 6. The molecule has 290 valence electrons. The van der Waals surface area contributed by atoms with Gasteiger partial charge in [-0.25, -0.2) is 9.13 Å². The Hall–Kier alpha value is -5.94. The predicted molar refractivity (Wildman–Crippen MR) is 239 cm³/mol. The zero-order valence-corrected chi connectivity index (χ0v) is 34.9. The quantitative estimate of drug-likeness (QED) is 0.128. The van der Waals surface area contributed by atoms with Gasteiger partial charge in [-0.3, -0.25) is 9.97 Å². The summed E-state index contributed by atoms with van der Waals surface area (Å²) in [6.45, 7) is 9.90. The van der Waals surface area contributed by atoms with Crippen molar-refractivity contribution in [2.45, 2.75) is 52.0 Å². The lowest BCUT2D eigenvalue weighted by Crippen LogP contribution is -2.41. The molecule has 9 rings (SSSR count). The molecule has 1 fully saturated rings. The highest BCUT2D eigenvalue weighted by atomic mass is 79.9. The molecule has 0 aliphatic carbocycles. The highest BCUT2D eigenvalue weighted by Crippen LogP contribution is 2.36. The Kier molecular flexibility index (Phi) is 12.3. The van der Waals surface area contributed by atoms with Crippen LogP contribution in [-0.4, -0.2) is 28.3 Å². The molecule has 0 spiro atoms. The van der Waals surface area contributed by atoms with Crippen LogP contribution in [0.3, 0.4) is 0 Å². The zero-order valence-electron chi connectivity index (χ0n) is 33.3. The minimum atomic E-state index is -0.256. The first-order valence-electron chi connectivity index (χ1n) is 19.3. The number of hydrogen-bond donors (Lipinski definition) is 2. The monoisotopic (exact) mass is 830 g/mol. The summed E-state index contributed by atoms with van der Waals surface area (Å²) in [6.07, 6.45) is 15.5. The first kappa shape index (κ1) is 40.3. The van der Waals surface area contributed by atoms with Crippen molar-refractivity contribution in [3.63, 3.8) is 0 Å². The topological polar surface area (TPSA) is 104 Å². The van der Waals surface area contributed by atoms with Crippen LogP contribution in [0, 0.1) is 0 Å². The van der Waals surface area contributed by atoms with Gasteiger partial charge in [-0.2, -0.15) is 0 Å². The number of aromatic nitrogens is 4. The van der Waals surface area contributed by atoms with Gasteiger partial charge >= 0.3 is 7.12 Å². The van der Waals surface area contributed by atoms with E-state index in [0.717, 1.165) is 50.7 Å². The molecule has 1 saturated heterocycles. The summed E-state index contributed by atoms with van der Waals surface area (Å²) in [5.41, 5.74) is 18.4. The summed E-state index contributed by atoms with van der Waals surface area (Å²) >= 11 is 3.54. The molecule has 4 aromatic heterocycles. The number of nitrogens with two attached hydrogens (primary N) is 2. The molecule has 4 N–H and O–H groups in total. The Bertz CT molecular complexity index is 2590. The first-order chi connectivity index (χ1) is 27.9. The molecule has 4 aromatic carbocycles. The van der Waals surface area contributed by atoms with Gasteiger partial charge in [0.2, 0.25) is 0 Å². The molecule has 0 unspecified atom stereocenters. The van der Waals surface area contributed by atoms with Crippen LogP contribution in [-0.2, 0) is 22.4 Å². The summed E-state index contributed by atoms with van der Waals surface area (Å²) in [6, 6.07) is 41.0. The second-order valence-electron chi connectivity index (χ2n) is 15.4. The summed E-state index contributed by atoms with van der Waals surface area (Å²) in [4.78, 5) is 8.56. The fourth-order valence-corrected chi connectivity index (χ4v) is 7.05. The maximum Gasteiger partial charge on any atom is 0.494 e. The predicted octanol–water partition coefficient (Wildman–Crippen LogP) is 8.72. The summed E-state index contributed by atoms with van der Waals surface area (Å²) in [5.74, 6) is 0. The SMILES string of the molecule is CC1(C)OB(c2ccccc2)OC1(C)C.Nc1cc[n+](Cc2ccc3cncc(-c4ccccc4)c3c2)cc1.Nc1cc[n+](Cc2ccc3cncc(Br)c3c2)cc1. The number of benzene rings is 4. The van der Waals surface area contributed by atoms with Crippen LogP contribution in [0.4, 0.5) is 11.4 Å². The van der Waals surface area contributed by atoms with Gasteiger partial charge in [0.1, 0.15) is 0 Å². The van der Waals surface area contributed by atoms with E-state index in [9.17, 15) is 0 Å². The van der Waals surface area contributed by atoms with Crippen LogP contribution in [0.25, 0.3) is 32.7 Å². The number of halogens is 1. The van der Waals surface area contributed by atoms with Gasteiger partial charge < -0.3 is 20.8 Å². The number of nitrogen functional groups attached to an aromatic ring is 2. The number of fused-ring (bicyclic) bond motifs is 2. The zero-order chi connectivity index (χ0) is 40.7. The van der Waals surface area contributed by atoms with E-state index >= 15 is 0 Å². The molecule has 0 atom stereocenters. The fourth-order valence-electron chi connectivity index (χ4n) is 6.59. The molecular weight excluding hydrogens is 783 g/mol. The van der Waals surface area contributed by atoms with Crippen molar-refractivity contribution in [2.24, 2.45) is 0 Å². The molecule has 5 heterocycles. The van der Waals surface area contributed by atoms with E-state index in [1.54, 1.807) is 0 Å². The minimum absolute atomic E-state index is 0.240. The van der Waals surface area contributed by atoms with Crippen molar-refractivity contribution in [1.82, 2.24) is 9.97 Å². The van der Waals surface area contributed by atoms with E-state index in [2.05, 4.69) is 123 Å². The number of nitrogens with zero attached hydrogens (tertiary/aromatic N) is 4. The normalized spacial score (nSPS) is 14.0. The van der Waals surface area contributed by atoms with Crippen molar-refractivity contribution in [3.05, 3.63) is 187 Å². The van der Waals surface area contributed by atoms with Crippen LogP contribution >= 0.6 is 15.9 Å². The number of pyridine rings is 4. The Morgan fingerprint density at radius 1 is 0.569 bits per heavy atom. The lowest BCUT2D eigenvalue weighted by Gasteiger charge is -2.32. The Labute approximate surface area is 349 Å². The third-order valence-electron chi connectivity index (χ3n) is 10.6. The summed E-state index contributed by atoms with van der Waals surface area (Å²) in [7, 11) is -0.240. The van der Waals surface area contributed by atoms with E-state index in [-0.39, 0.29) is 18.3 Å². The maximum atomic E-state index is 5.93. The van der Waals surface area contributed by atoms with E-state index in [0.29, 0.717) is 0 Å². The van der Waals surface area contributed by atoms with E-state index in [4.69, 9.17) is 20.8 Å². The average Bonchev–Trinajstić information content (AvgIpc) is 3.46. The van der Waals surface area contributed by atoms with Gasteiger partial charge in [-0.15, -0.1) is 0 Å².